The summed E-state index contributed by atoms with van der Waals surface area (Å²) in [6, 6.07) is 7.50. The Bertz CT molecular complexity index is 1050. The second kappa shape index (κ2) is 5.85. The summed E-state index contributed by atoms with van der Waals surface area (Å²) < 4.78 is 55.5. The second-order valence-corrected chi connectivity index (χ2v) is 7.73. The van der Waals surface area contributed by atoms with Crippen LogP contribution in [-0.4, -0.2) is 33.9 Å². The van der Waals surface area contributed by atoms with Crippen molar-refractivity contribution < 1.29 is 17.2 Å². The summed E-state index contributed by atoms with van der Waals surface area (Å²) in [5.41, 5.74) is 0.620. The third-order valence-corrected chi connectivity index (χ3v) is 6.24. The van der Waals surface area contributed by atoms with E-state index in [2.05, 4.69) is 10.2 Å². The standard InChI is InChI=1S/C16H14F2N4O2S/c17-12-7-6-11(10-13(12)18)25(23,24)22-9-3-4-14(22)16-20-19-15-5-1-2-8-21(15)16/h1-2,5-8,10,14H,3-4,9H2. The lowest BCUT2D eigenvalue weighted by molar-refractivity contribution is 0.381. The molecule has 1 aliphatic rings. The molecule has 1 unspecified atom stereocenters. The molecule has 3 aromatic rings. The second-order valence-electron chi connectivity index (χ2n) is 5.84. The van der Waals surface area contributed by atoms with Gasteiger partial charge in [-0.15, -0.1) is 10.2 Å². The summed E-state index contributed by atoms with van der Waals surface area (Å²) in [5, 5.41) is 8.20. The van der Waals surface area contributed by atoms with Gasteiger partial charge in [-0.25, -0.2) is 17.2 Å². The van der Waals surface area contributed by atoms with E-state index in [9.17, 15) is 17.2 Å². The lowest BCUT2D eigenvalue weighted by Crippen LogP contribution is -2.31. The minimum Gasteiger partial charge on any atom is -0.285 e. The zero-order valence-electron chi connectivity index (χ0n) is 13.0. The van der Waals surface area contributed by atoms with Crippen LogP contribution >= 0.6 is 0 Å². The van der Waals surface area contributed by atoms with Crippen LogP contribution in [0.15, 0.2) is 47.5 Å². The first kappa shape index (κ1) is 16.1. The van der Waals surface area contributed by atoms with Crippen molar-refractivity contribution in [2.75, 3.05) is 6.54 Å². The molecule has 25 heavy (non-hydrogen) atoms. The normalized spacial score (nSPS) is 18.9. The van der Waals surface area contributed by atoms with Crippen molar-refractivity contribution in [3.8, 4) is 0 Å². The molecule has 2 aromatic heterocycles. The Morgan fingerprint density at radius 2 is 1.92 bits per heavy atom. The monoisotopic (exact) mass is 364 g/mol. The Morgan fingerprint density at radius 1 is 1.08 bits per heavy atom. The first-order valence-electron chi connectivity index (χ1n) is 7.75. The van der Waals surface area contributed by atoms with Crippen LogP contribution in [0.4, 0.5) is 8.78 Å². The van der Waals surface area contributed by atoms with Gasteiger partial charge in [-0.1, -0.05) is 6.07 Å². The molecule has 6 nitrogen and oxygen atoms in total. The van der Waals surface area contributed by atoms with Crippen LogP contribution in [0.5, 0.6) is 0 Å². The van der Waals surface area contributed by atoms with Gasteiger partial charge in [-0.3, -0.25) is 4.40 Å². The molecule has 3 heterocycles. The highest BCUT2D eigenvalue weighted by molar-refractivity contribution is 7.89. The molecule has 1 fully saturated rings. The summed E-state index contributed by atoms with van der Waals surface area (Å²) in [4.78, 5) is -0.271. The first-order chi connectivity index (χ1) is 12.0. The fourth-order valence-corrected chi connectivity index (χ4v) is 4.81. The topological polar surface area (TPSA) is 67.6 Å². The Balaban J connectivity index is 1.77. The number of pyridine rings is 1. The van der Waals surface area contributed by atoms with Crippen LogP contribution in [0.1, 0.15) is 24.7 Å². The van der Waals surface area contributed by atoms with Crippen LogP contribution in [-0.2, 0) is 10.0 Å². The van der Waals surface area contributed by atoms with E-state index in [0.717, 1.165) is 12.1 Å². The van der Waals surface area contributed by atoms with Gasteiger partial charge < -0.3 is 0 Å². The Kier molecular flexibility index (Phi) is 3.77. The maximum atomic E-state index is 13.5. The van der Waals surface area contributed by atoms with Gasteiger partial charge in [-0.2, -0.15) is 4.31 Å². The maximum absolute atomic E-state index is 13.5. The van der Waals surface area contributed by atoms with E-state index in [1.54, 1.807) is 16.7 Å². The van der Waals surface area contributed by atoms with Gasteiger partial charge in [0.05, 0.1) is 10.9 Å². The molecule has 1 saturated heterocycles. The number of aromatic nitrogens is 3. The number of hydrogen-bond acceptors (Lipinski definition) is 4. The molecule has 0 radical (unpaired) electrons. The SMILES string of the molecule is O=S(=O)(c1ccc(F)c(F)c1)N1CCCC1c1nnc2ccccn12. The van der Waals surface area contributed by atoms with Gasteiger partial charge in [0.15, 0.2) is 23.1 Å². The number of benzene rings is 1. The van der Waals surface area contributed by atoms with E-state index in [1.807, 2.05) is 12.1 Å². The molecule has 0 spiro atoms. The van der Waals surface area contributed by atoms with E-state index in [-0.39, 0.29) is 11.4 Å². The van der Waals surface area contributed by atoms with Crippen molar-refractivity contribution in [1.82, 2.24) is 18.9 Å². The highest BCUT2D eigenvalue weighted by atomic mass is 32.2. The quantitative estimate of drug-likeness (QED) is 0.716. The number of rotatable bonds is 3. The van der Waals surface area contributed by atoms with E-state index >= 15 is 0 Å². The number of hydrogen-bond donors (Lipinski definition) is 0. The van der Waals surface area contributed by atoms with E-state index in [4.69, 9.17) is 0 Å². The van der Waals surface area contributed by atoms with Crippen LogP contribution in [0.2, 0.25) is 0 Å². The van der Waals surface area contributed by atoms with Crippen LogP contribution in [0.25, 0.3) is 5.65 Å². The van der Waals surface area contributed by atoms with Crippen molar-refractivity contribution >= 4 is 15.7 Å². The first-order valence-corrected chi connectivity index (χ1v) is 9.19. The molecule has 0 bridgehead atoms. The Morgan fingerprint density at radius 3 is 2.72 bits per heavy atom. The molecule has 0 amide bonds. The zero-order valence-corrected chi connectivity index (χ0v) is 13.8. The van der Waals surface area contributed by atoms with Gasteiger partial charge in [0.1, 0.15) is 0 Å². The average molecular weight is 364 g/mol. The molecular weight excluding hydrogens is 350 g/mol. The maximum Gasteiger partial charge on any atom is 0.243 e. The summed E-state index contributed by atoms with van der Waals surface area (Å²) in [7, 11) is -3.98. The molecule has 1 atom stereocenters. The van der Waals surface area contributed by atoms with Crippen molar-refractivity contribution in [2.24, 2.45) is 0 Å². The molecule has 1 aromatic carbocycles. The zero-order chi connectivity index (χ0) is 17.6. The largest absolute Gasteiger partial charge is 0.285 e. The third kappa shape index (κ3) is 2.59. The van der Waals surface area contributed by atoms with Gasteiger partial charge in [0.2, 0.25) is 10.0 Å². The Hall–Kier alpha value is -2.39. The predicted octanol–water partition coefficient (Wildman–Crippen LogP) is 2.53. The fourth-order valence-electron chi connectivity index (χ4n) is 3.15. The van der Waals surface area contributed by atoms with Crippen molar-refractivity contribution in [2.45, 2.75) is 23.8 Å². The van der Waals surface area contributed by atoms with E-state index in [1.165, 1.54) is 4.31 Å². The van der Waals surface area contributed by atoms with Crippen LogP contribution < -0.4 is 0 Å². The molecule has 0 N–H and O–H groups in total. The minimum absolute atomic E-state index is 0.271. The lowest BCUT2D eigenvalue weighted by atomic mass is 10.2. The smallest absolute Gasteiger partial charge is 0.243 e. The van der Waals surface area contributed by atoms with Gasteiger partial charge >= 0.3 is 0 Å². The summed E-state index contributed by atoms with van der Waals surface area (Å²) in [6.07, 6.45) is 3.00. The third-order valence-electron chi connectivity index (χ3n) is 4.34. The molecule has 0 saturated carbocycles. The van der Waals surface area contributed by atoms with Gasteiger partial charge in [-0.05, 0) is 43.2 Å². The molecule has 9 heteroatoms. The summed E-state index contributed by atoms with van der Waals surface area (Å²) >= 11 is 0. The van der Waals surface area contributed by atoms with Crippen LogP contribution in [0.3, 0.4) is 0 Å². The summed E-state index contributed by atoms with van der Waals surface area (Å²) in [6.45, 7) is 0.285. The number of fused-ring (bicyclic) bond motifs is 1. The molecule has 130 valence electrons. The molecule has 1 aliphatic heterocycles. The highest BCUT2D eigenvalue weighted by Crippen LogP contribution is 2.36. The molecule has 0 aliphatic carbocycles. The van der Waals surface area contributed by atoms with Gasteiger partial charge in [0.25, 0.3) is 0 Å². The fraction of sp³-hybridized carbons (Fsp3) is 0.250. The highest BCUT2D eigenvalue weighted by Gasteiger charge is 2.38. The number of nitrogens with zero attached hydrogens (tertiary/aromatic N) is 4. The van der Waals surface area contributed by atoms with Crippen molar-refractivity contribution in [1.29, 1.82) is 0 Å². The Labute approximate surface area is 142 Å². The molecule has 4 rings (SSSR count). The van der Waals surface area contributed by atoms with E-state index < -0.39 is 27.7 Å². The predicted molar refractivity (Wildman–Crippen MR) is 85.2 cm³/mol. The number of sulfonamides is 1. The minimum atomic E-state index is -3.98. The van der Waals surface area contributed by atoms with Crippen molar-refractivity contribution in [3.05, 3.63) is 60.1 Å². The average Bonchev–Trinajstić information content (AvgIpc) is 3.23. The van der Waals surface area contributed by atoms with Gasteiger partial charge in [0, 0.05) is 12.7 Å². The summed E-state index contributed by atoms with van der Waals surface area (Å²) in [5.74, 6) is -1.76. The number of halogens is 2. The van der Waals surface area contributed by atoms with E-state index in [0.29, 0.717) is 30.4 Å². The van der Waals surface area contributed by atoms with Crippen molar-refractivity contribution in [3.63, 3.8) is 0 Å². The lowest BCUT2D eigenvalue weighted by Gasteiger charge is -2.23. The molecular formula is C16H14F2N4O2S. The van der Waals surface area contributed by atoms with Crippen LogP contribution in [0, 0.1) is 11.6 Å².